The maximum atomic E-state index is 3.49. The van der Waals surface area contributed by atoms with Gasteiger partial charge in [0.25, 0.3) is 0 Å². The molecule has 3 rings (SSSR count). The Balaban J connectivity index is 2.06. The molecule has 1 unspecified atom stereocenters. The maximum absolute atomic E-state index is 3.49. The molecule has 1 heterocycles. The van der Waals surface area contributed by atoms with Gasteiger partial charge < -0.3 is 5.32 Å². The van der Waals surface area contributed by atoms with E-state index in [9.17, 15) is 0 Å². The highest BCUT2D eigenvalue weighted by atomic mass is 14.9. The Kier molecular flexibility index (Phi) is 1.69. The number of dihydropyridines is 1. The fourth-order valence-corrected chi connectivity index (χ4v) is 2.30. The zero-order valence-corrected chi connectivity index (χ0v) is 8.03. The van der Waals surface area contributed by atoms with Gasteiger partial charge in [0.2, 0.25) is 0 Å². The van der Waals surface area contributed by atoms with Crippen LogP contribution in [0.2, 0.25) is 0 Å². The molecule has 1 N–H and O–H groups in total. The topological polar surface area (TPSA) is 12.0 Å². The predicted octanol–water partition coefficient (Wildman–Crippen LogP) is 2.47. The van der Waals surface area contributed by atoms with Crippen molar-refractivity contribution in [3.05, 3.63) is 59.4 Å². The second-order valence-corrected chi connectivity index (χ2v) is 3.87. The van der Waals surface area contributed by atoms with Gasteiger partial charge in [0.1, 0.15) is 0 Å². The van der Waals surface area contributed by atoms with Crippen LogP contribution in [-0.4, -0.2) is 6.54 Å². The van der Waals surface area contributed by atoms with Crippen LogP contribution in [0, 0.1) is 5.92 Å². The van der Waals surface area contributed by atoms with Crippen molar-refractivity contribution in [1.29, 1.82) is 0 Å². The first-order valence-electron chi connectivity index (χ1n) is 5.14. The molecule has 0 spiro atoms. The lowest BCUT2D eigenvalue weighted by atomic mass is 9.82. The number of nitrogens with one attached hydrogen (secondary N) is 1. The summed E-state index contributed by atoms with van der Waals surface area (Å²) in [5.41, 5.74) is 4.20. The number of allylic oxidation sites excluding steroid dienone is 8. The van der Waals surface area contributed by atoms with Gasteiger partial charge in [0, 0.05) is 18.2 Å². The van der Waals surface area contributed by atoms with E-state index in [0.717, 1.165) is 13.0 Å². The first-order valence-corrected chi connectivity index (χ1v) is 5.14. The van der Waals surface area contributed by atoms with E-state index in [0.29, 0.717) is 5.92 Å². The van der Waals surface area contributed by atoms with Gasteiger partial charge in [-0.1, -0.05) is 42.5 Å². The lowest BCUT2D eigenvalue weighted by Gasteiger charge is -2.30. The molecule has 0 amide bonds. The summed E-state index contributed by atoms with van der Waals surface area (Å²) in [7, 11) is 0. The SMILES string of the molecule is C1=CCC2C(=C1)C=CC1=C2NCC=C1. The molecule has 0 radical (unpaired) electrons. The minimum atomic E-state index is 0.574. The van der Waals surface area contributed by atoms with E-state index in [-0.39, 0.29) is 0 Å². The van der Waals surface area contributed by atoms with Crippen LogP contribution in [-0.2, 0) is 0 Å². The Bertz CT molecular complexity index is 405. The van der Waals surface area contributed by atoms with E-state index >= 15 is 0 Å². The van der Waals surface area contributed by atoms with Crippen molar-refractivity contribution in [2.45, 2.75) is 6.42 Å². The van der Waals surface area contributed by atoms with Gasteiger partial charge >= 0.3 is 0 Å². The summed E-state index contributed by atoms with van der Waals surface area (Å²) in [5, 5.41) is 3.49. The van der Waals surface area contributed by atoms with Gasteiger partial charge in [-0.2, -0.15) is 0 Å². The van der Waals surface area contributed by atoms with E-state index in [2.05, 4.69) is 47.8 Å². The van der Waals surface area contributed by atoms with Gasteiger partial charge in [0.05, 0.1) is 0 Å². The Morgan fingerprint density at radius 2 is 2.14 bits per heavy atom. The zero-order valence-electron chi connectivity index (χ0n) is 8.03. The van der Waals surface area contributed by atoms with Crippen molar-refractivity contribution in [1.82, 2.24) is 5.32 Å². The first kappa shape index (κ1) is 7.86. The Labute approximate surface area is 84.2 Å². The Morgan fingerprint density at radius 1 is 1.14 bits per heavy atom. The maximum Gasteiger partial charge on any atom is 0.0331 e. The van der Waals surface area contributed by atoms with Crippen molar-refractivity contribution in [3.63, 3.8) is 0 Å². The minimum absolute atomic E-state index is 0.574. The third kappa shape index (κ3) is 1.09. The second kappa shape index (κ2) is 3.02. The average Bonchev–Trinajstić information content (AvgIpc) is 2.29. The Morgan fingerprint density at radius 3 is 3.14 bits per heavy atom. The van der Waals surface area contributed by atoms with E-state index < -0.39 is 0 Å². The molecular formula is C13H13N. The third-order valence-corrected chi connectivity index (χ3v) is 3.02. The predicted molar refractivity (Wildman–Crippen MR) is 58.6 cm³/mol. The van der Waals surface area contributed by atoms with Crippen molar-refractivity contribution < 1.29 is 0 Å². The molecule has 1 heteroatoms. The molecule has 2 aliphatic carbocycles. The lowest BCUT2D eigenvalue weighted by Crippen LogP contribution is -2.27. The van der Waals surface area contributed by atoms with E-state index in [1.54, 1.807) is 0 Å². The highest BCUT2D eigenvalue weighted by Gasteiger charge is 2.23. The van der Waals surface area contributed by atoms with Crippen LogP contribution in [0.5, 0.6) is 0 Å². The number of hydrogen-bond donors (Lipinski definition) is 1. The quantitative estimate of drug-likeness (QED) is 0.608. The van der Waals surface area contributed by atoms with E-state index in [1.807, 2.05) is 0 Å². The second-order valence-electron chi connectivity index (χ2n) is 3.87. The van der Waals surface area contributed by atoms with Crippen molar-refractivity contribution in [2.75, 3.05) is 6.54 Å². The fraction of sp³-hybridized carbons (Fsp3) is 0.231. The molecule has 14 heavy (non-hydrogen) atoms. The summed E-state index contributed by atoms with van der Waals surface area (Å²) in [6.45, 7) is 0.972. The summed E-state index contributed by atoms with van der Waals surface area (Å²) >= 11 is 0. The highest BCUT2D eigenvalue weighted by molar-refractivity contribution is 5.51. The van der Waals surface area contributed by atoms with Crippen LogP contribution >= 0.6 is 0 Å². The molecule has 3 aliphatic rings. The molecule has 70 valence electrons. The number of rotatable bonds is 0. The van der Waals surface area contributed by atoms with Crippen LogP contribution in [0.15, 0.2) is 59.4 Å². The minimum Gasteiger partial charge on any atom is -0.384 e. The Hall–Kier alpha value is -1.50. The van der Waals surface area contributed by atoms with Crippen LogP contribution in [0.3, 0.4) is 0 Å². The summed E-state index contributed by atoms with van der Waals surface area (Å²) in [4.78, 5) is 0. The van der Waals surface area contributed by atoms with Gasteiger partial charge in [-0.05, 0) is 17.6 Å². The largest absolute Gasteiger partial charge is 0.384 e. The van der Waals surface area contributed by atoms with Crippen LogP contribution in [0.4, 0.5) is 0 Å². The highest BCUT2D eigenvalue weighted by Crippen LogP contribution is 2.34. The zero-order chi connectivity index (χ0) is 9.38. The van der Waals surface area contributed by atoms with Gasteiger partial charge in [-0.3, -0.25) is 0 Å². The van der Waals surface area contributed by atoms with E-state index in [4.69, 9.17) is 0 Å². The first-order chi connectivity index (χ1) is 6.95. The van der Waals surface area contributed by atoms with Crippen LogP contribution in [0.25, 0.3) is 0 Å². The monoisotopic (exact) mass is 183 g/mol. The van der Waals surface area contributed by atoms with Crippen molar-refractivity contribution in [3.8, 4) is 0 Å². The number of fused-ring (bicyclic) bond motifs is 2. The normalized spacial score (nSPS) is 28.0. The molecule has 0 saturated heterocycles. The average molecular weight is 183 g/mol. The molecule has 1 atom stereocenters. The fourth-order valence-electron chi connectivity index (χ4n) is 2.30. The summed E-state index contributed by atoms with van der Waals surface area (Å²) < 4.78 is 0. The molecule has 0 aromatic heterocycles. The van der Waals surface area contributed by atoms with Gasteiger partial charge in [-0.15, -0.1) is 0 Å². The van der Waals surface area contributed by atoms with Crippen LogP contribution < -0.4 is 5.32 Å². The lowest BCUT2D eigenvalue weighted by molar-refractivity contribution is 0.645. The molecule has 0 aromatic rings. The summed E-state index contributed by atoms with van der Waals surface area (Å²) in [6, 6.07) is 0. The molecule has 0 aromatic carbocycles. The van der Waals surface area contributed by atoms with Crippen molar-refractivity contribution >= 4 is 0 Å². The molecule has 0 bridgehead atoms. The van der Waals surface area contributed by atoms with Crippen LogP contribution in [0.1, 0.15) is 6.42 Å². The molecular weight excluding hydrogens is 170 g/mol. The van der Waals surface area contributed by atoms with Gasteiger partial charge in [-0.25, -0.2) is 0 Å². The van der Waals surface area contributed by atoms with Gasteiger partial charge in [0.15, 0.2) is 0 Å². The molecule has 1 nitrogen and oxygen atoms in total. The molecule has 1 aliphatic heterocycles. The number of hydrogen-bond acceptors (Lipinski definition) is 1. The summed E-state index contributed by atoms with van der Waals surface area (Å²) in [6.07, 6.45) is 16.6. The smallest absolute Gasteiger partial charge is 0.0331 e. The summed E-state index contributed by atoms with van der Waals surface area (Å²) in [5.74, 6) is 0.574. The molecule has 0 fully saturated rings. The standard InChI is InChI=1S/C13H13N/c1-2-6-12-10(4-1)7-8-11-5-3-9-14-13(11)12/h1-5,7-8,12,14H,6,9H2. The van der Waals surface area contributed by atoms with E-state index in [1.165, 1.54) is 16.8 Å². The third-order valence-electron chi connectivity index (χ3n) is 3.02. The molecule has 0 saturated carbocycles. The van der Waals surface area contributed by atoms with Crippen molar-refractivity contribution in [2.24, 2.45) is 5.92 Å².